The van der Waals surface area contributed by atoms with Gasteiger partial charge in [0.25, 0.3) is 0 Å². The van der Waals surface area contributed by atoms with Gasteiger partial charge >= 0.3 is 5.97 Å². The molecule has 4 atom stereocenters. The van der Waals surface area contributed by atoms with Gasteiger partial charge in [-0.25, -0.2) is 0 Å². The van der Waals surface area contributed by atoms with Crippen LogP contribution >= 0.6 is 11.8 Å². The van der Waals surface area contributed by atoms with Gasteiger partial charge in [-0.3, -0.25) is 9.69 Å². The van der Waals surface area contributed by atoms with Gasteiger partial charge in [0, 0.05) is 49.4 Å². The molecule has 0 spiro atoms. The molecule has 1 saturated carbocycles. The number of hydrogen-bond donors (Lipinski definition) is 2. The van der Waals surface area contributed by atoms with E-state index in [1.54, 1.807) is 0 Å². The summed E-state index contributed by atoms with van der Waals surface area (Å²) in [6, 6.07) is 19.0. The average Bonchev–Trinajstić information content (AvgIpc) is 3.20. The van der Waals surface area contributed by atoms with E-state index < -0.39 is 5.97 Å². The largest absolute Gasteiger partial charge is 0.481 e. The SMILES string of the molecule is O=C(O)CCC/C=C\C[C@@H]1[C@@H](N2CCSCC2)[C@H](O)C[C@@H]1OCc1ccc(-c2ccccc2)cc1. The summed E-state index contributed by atoms with van der Waals surface area (Å²) >= 11 is 1.98. The zero-order valence-corrected chi connectivity index (χ0v) is 21.1. The van der Waals surface area contributed by atoms with Crippen LogP contribution in [0.25, 0.3) is 11.1 Å². The number of aliphatic hydroxyl groups is 1. The minimum absolute atomic E-state index is 0.00190. The molecule has 6 heteroatoms. The lowest BCUT2D eigenvalue weighted by Gasteiger charge is -2.37. The summed E-state index contributed by atoms with van der Waals surface area (Å²) in [5, 5.41) is 19.9. The Bertz CT molecular complexity index is 943. The molecule has 1 heterocycles. The van der Waals surface area contributed by atoms with Gasteiger partial charge in [0.2, 0.25) is 0 Å². The molecule has 0 radical (unpaired) electrons. The molecule has 188 valence electrons. The molecule has 1 aliphatic heterocycles. The highest BCUT2D eigenvalue weighted by Crippen LogP contribution is 2.37. The number of aliphatic hydroxyl groups excluding tert-OH is 1. The maximum Gasteiger partial charge on any atom is 0.303 e. The first-order valence-corrected chi connectivity index (χ1v) is 13.9. The van der Waals surface area contributed by atoms with E-state index in [0.29, 0.717) is 19.4 Å². The highest BCUT2D eigenvalue weighted by Gasteiger charge is 2.45. The predicted molar refractivity (Wildman–Crippen MR) is 142 cm³/mol. The lowest BCUT2D eigenvalue weighted by atomic mass is 9.95. The van der Waals surface area contributed by atoms with Crippen molar-refractivity contribution in [2.45, 2.75) is 57.0 Å². The molecule has 0 aromatic heterocycles. The molecule has 5 nitrogen and oxygen atoms in total. The Labute approximate surface area is 213 Å². The van der Waals surface area contributed by atoms with E-state index in [9.17, 15) is 9.90 Å². The number of allylic oxidation sites excluding steroid dienone is 2. The van der Waals surface area contributed by atoms with Gasteiger partial charge in [-0.1, -0.05) is 66.7 Å². The summed E-state index contributed by atoms with van der Waals surface area (Å²) in [6.45, 7) is 2.56. The molecular formula is C29H37NO4S. The molecule has 2 N–H and O–H groups in total. The fourth-order valence-corrected chi connectivity index (χ4v) is 6.23. The normalized spacial score (nSPS) is 25.3. The van der Waals surface area contributed by atoms with Crippen LogP contribution in [-0.4, -0.2) is 63.9 Å². The number of nitrogens with zero attached hydrogens (tertiary/aromatic N) is 1. The molecule has 0 amide bonds. The summed E-state index contributed by atoms with van der Waals surface area (Å²) in [6.07, 6.45) is 7.02. The molecule has 4 rings (SSSR count). The molecule has 1 saturated heterocycles. The number of hydrogen-bond acceptors (Lipinski definition) is 5. The molecule has 2 aromatic rings. The van der Waals surface area contributed by atoms with Gasteiger partial charge in [-0.2, -0.15) is 11.8 Å². The Hall–Kier alpha value is -2.12. The molecule has 1 aliphatic carbocycles. The van der Waals surface area contributed by atoms with E-state index in [1.807, 2.05) is 17.8 Å². The van der Waals surface area contributed by atoms with Crippen molar-refractivity contribution in [1.82, 2.24) is 4.90 Å². The standard InChI is InChI=1S/C29H37NO4S/c31-26-20-27(34-21-22-12-14-24(15-13-22)23-8-4-3-5-9-23)25(10-6-1-2-7-11-28(32)33)29(26)30-16-18-35-19-17-30/h1,3-6,8-9,12-15,25-27,29,31H,2,7,10-11,16-21H2,(H,32,33)/b6-1-/t25-,26+,27-,29+/m0/s1. The first-order valence-electron chi connectivity index (χ1n) is 12.7. The van der Waals surface area contributed by atoms with Crippen LogP contribution in [0.15, 0.2) is 66.7 Å². The predicted octanol–water partition coefficient (Wildman–Crippen LogP) is 5.24. The Morgan fingerprint density at radius 2 is 1.74 bits per heavy atom. The number of benzene rings is 2. The van der Waals surface area contributed by atoms with Gasteiger partial charge in [0.1, 0.15) is 0 Å². The molecule has 0 unspecified atom stereocenters. The fourth-order valence-electron chi connectivity index (χ4n) is 5.30. The minimum Gasteiger partial charge on any atom is -0.481 e. The second-order valence-electron chi connectivity index (χ2n) is 9.51. The van der Waals surface area contributed by atoms with Gasteiger partial charge in [-0.05, 0) is 36.0 Å². The van der Waals surface area contributed by atoms with Gasteiger partial charge in [0.15, 0.2) is 0 Å². The van der Waals surface area contributed by atoms with E-state index in [-0.39, 0.29) is 30.6 Å². The van der Waals surface area contributed by atoms with Gasteiger partial charge in [0.05, 0.1) is 18.8 Å². The van der Waals surface area contributed by atoms with Crippen molar-refractivity contribution >= 4 is 17.7 Å². The van der Waals surface area contributed by atoms with Crippen LogP contribution in [-0.2, 0) is 16.1 Å². The molecule has 2 aromatic carbocycles. The number of carbonyl (C=O) groups is 1. The van der Waals surface area contributed by atoms with Crippen molar-refractivity contribution in [1.29, 1.82) is 0 Å². The van der Waals surface area contributed by atoms with Crippen LogP contribution < -0.4 is 0 Å². The lowest BCUT2D eigenvalue weighted by molar-refractivity contribution is -0.137. The molecular weight excluding hydrogens is 458 g/mol. The number of aliphatic carboxylic acids is 1. The first-order chi connectivity index (χ1) is 17.1. The van der Waals surface area contributed by atoms with Crippen molar-refractivity contribution in [3.05, 3.63) is 72.3 Å². The third-order valence-corrected chi connectivity index (χ3v) is 8.06. The van der Waals surface area contributed by atoms with Crippen LogP contribution in [0, 0.1) is 5.92 Å². The number of unbranched alkanes of at least 4 members (excludes halogenated alkanes) is 1. The average molecular weight is 496 g/mol. The highest BCUT2D eigenvalue weighted by atomic mass is 32.2. The molecule has 2 aliphatic rings. The maximum atomic E-state index is 11.0. The Morgan fingerprint density at radius 3 is 2.46 bits per heavy atom. The van der Waals surface area contributed by atoms with Crippen LogP contribution in [0.5, 0.6) is 0 Å². The summed E-state index contributed by atoms with van der Waals surface area (Å²) in [5.41, 5.74) is 3.54. The van der Waals surface area contributed by atoms with Gasteiger partial charge in [-0.15, -0.1) is 0 Å². The Balaban J connectivity index is 1.38. The van der Waals surface area contributed by atoms with Gasteiger partial charge < -0.3 is 14.9 Å². The van der Waals surface area contributed by atoms with Crippen molar-refractivity contribution in [3.63, 3.8) is 0 Å². The van der Waals surface area contributed by atoms with Crippen LogP contribution in [0.1, 0.15) is 37.7 Å². The highest BCUT2D eigenvalue weighted by molar-refractivity contribution is 7.99. The van der Waals surface area contributed by atoms with Crippen molar-refractivity contribution in [2.24, 2.45) is 5.92 Å². The third-order valence-electron chi connectivity index (χ3n) is 7.11. The van der Waals surface area contributed by atoms with Crippen LogP contribution in [0.2, 0.25) is 0 Å². The number of rotatable bonds is 11. The van der Waals surface area contributed by atoms with Crippen molar-refractivity contribution < 1.29 is 19.7 Å². The fraction of sp³-hybridized carbons (Fsp3) is 0.483. The summed E-state index contributed by atoms with van der Waals surface area (Å²) < 4.78 is 6.44. The summed E-state index contributed by atoms with van der Waals surface area (Å²) in [4.78, 5) is 13.2. The second-order valence-corrected chi connectivity index (χ2v) is 10.7. The van der Waals surface area contributed by atoms with E-state index in [0.717, 1.165) is 43.0 Å². The topological polar surface area (TPSA) is 70.0 Å². The molecule has 0 bridgehead atoms. The maximum absolute atomic E-state index is 11.0. The summed E-state index contributed by atoms with van der Waals surface area (Å²) in [5.74, 6) is 1.71. The molecule has 2 fully saturated rings. The van der Waals surface area contributed by atoms with E-state index in [2.05, 4.69) is 65.6 Å². The van der Waals surface area contributed by atoms with Crippen LogP contribution in [0.4, 0.5) is 0 Å². The Kier molecular flexibility index (Phi) is 9.83. The number of ether oxygens (including phenoxy) is 1. The zero-order chi connectivity index (χ0) is 24.5. The zero-order valence-electron chi connectivity index (χ0n) is 20.3. The monoisotopic (exact) mass is 495 g/mol. The number of carboxylic acids is 1. The quantitative estimate of drug-likeness (QED) is 0.328. The van der Waals surface area contributed by atoms with E-state index in [1.165, 1.54) is 11.1 Å². The smallest absolute Gasteiger partial charge is 0.303 e. The minimum atomic E-state index is -0.745. The number of carboxylic acid groups (broad SMARTS) is 1. The second kappa shape index (κ2) is 13.3. The Morgan fingerprint density at radius 1 is 1.03 bits per heavy atom. The van der Waals surface area contributed by atoms with Crippen LogP contribution in [0.3, 0.4) is 0 Å². The molecule has 35 heavy (non-hydrogen) atoms. The van der Waals surface area contributed by atoms with E-state index in [4.69, 9.17) is 9.84 Å². The van der Waals surface area contributed by atoms with Crippen molar-refractivity contribution in [2.75, 3.05) is 24.6 Å². The summed E-state index contributed by atoms with van der Waals surface area (Å²) in [7, 11) is 0. The van der Waals surface area contributed by atoms with Crippen molar-refractivity contribution in [3.8, 4) is 11.1 Å². The lowest BCUT2D eigenvalue weighted by Crippen LogP contribution is -2.48. The first kappa shape index (κ1) is 26.0. The number of thioether (sulfide) groups is 1. The van der Waals surface area contributed by atoms with E-state index >= 15 is 0 Å². The third kappa shape index (κ3) is 7.43.